The largest absolute Gasteiger partial charge is 0.323 e. The highest BCUT2D eigenvalue weighted by Gasteiger charge is 2.07. The van der Waals surface area contributed by atoms with E-state index in [0.717, 1.165) is 0 Å². The number of aromatic nitrogens is 3. The van der Waals surface area contributed by atoms with Crippen LogP contribution in [0.15, 0.2) is 30.9 Å². The molecule has 0 fully saturated rings. The van der Waals surface area contributed by atoms with Gasteiger partial charge in [-0.1, -0.05) is 23.4 Å². The van der Waals surface area contributed by atoms with Gasteiger partial charge >= 0.3 is 0 Å². The molecule has 1 heterocycles. The van der Waals surface area contributed by atoms with E-state index < -0.39 is 0 Å². The number of hydrogen-bond acceptors (Lipinski definition) is 4. The number of benzene rings is 1. The predicted molar refractivity (Wildman–Crippen MR) is 76.0 cm³/mol. The summed E-state index contributed by atoms with van der Waals surface area (Å²) in [4.78, 5) is 15.7. The molecule has 0 aliphatic heterocycles. The molecule has 1 aromatic heterocycles. The number of carbonyl (C=O) groups is 1. The van der Waals surface area contributed by atoms with E-state index in [1.807, 2.05) is 0 Å². The maximum atomic E-state index is 11.9. The summed E-state index contributed by atoms with van der Waals surface area (Å²) in [6.07, 6.45) is 2.84. The zero-order valence-corrected chi connectivity index (χ0v) is 11.3. The second-order valence-corrected chi connectivity index (χ2v) is 4.27. The topological polar surface area (TPSA) is 85.8 Å². The van der Waals surface area contributed by atoms with Crippen molar-refractivity contribution in [2.45, 2.75) is 6.54 Å². The summed E-state index contributed by atoms with van der Waals surface area (Å²) in [5, 5.41) is 7.16. The molecule has 2 rings (SSSR count). The van der Waals surface area contributed by atoms with Crippen LogP contribution in [0, 0.1) is 11.8 Å². The monoisotopic (exact) mass is 289 g/mol. The molecular formula is C13H12ClN5O. The van der Waals surface area contributed by atoms with Crippen LogP contribution in [0.3, 0.4) is 0 Å². The van der Waals surface area contributed by atoms with Gasteiger partial charge in [0.1, 0.15) is 19.2 Å². The van der Waals surface area contributed by atoms with Crippen LogP contribution in [-0.2, 0) is 11.3 Å². The second kappa shape index (κ2) is 6.70. The third-order valence-corrected chi connectivity index (χ3v) is 2.59. The SMILES string of the molecule is NCC#Cc1cc(Cl)ccc1NC(=O)Cn1cncn1. The van der Waals surface area contributed by atoms with Crippen LogP contribution in [0.25, 0.3) is 0 Å². The molecule has 0 radical (unpaired) electrons. The van der Waals surface area contributed by atoms with E-state index >= 15 is 0 Å². The summed E-state index contributed by atoms with van der Waals surface area (Å²) in [5.41, 5.74) is 6.55. The summed E-state index contributed by atoms with van der Waals surface area (Å²) < 4.78 is 1.43. The Labute approximate surface area is 120 Å². The molecule has 0 saturated carbocycles. The number of hydrogen-bond donors (Lipinski definition) is 2. The third-order valence-electron chi connectivity index (χ3n) is 2.35. The minimum absolute atomic E-state index is 0.0758. The molecule has 2 aromatic rings. The molecule has 0 atom stereocenters. The lowest BCUT2D eigenvalue weighted by Gasteiger charge is -2.08. The Balaban J connectivity index is 2.14. The van der Waals surface area contributed by atoms with E-state index in [2.05, 4.69) is 27.2 Å². The first-order chi connectivity index (χ1) is 9.69. The molecule has 0 aliphatic carbocycles. The van der Waals surface area contributed by atoms with E-state index in [4.69, 9.17) is 17.3 Å². The van der Waals surface area contributed by atoms with Crippen LogP contribution in [0.1, 0.15) is 5.56 Å². The van der Waals surface area contributed by atoms with Crippen molar-refractivity contribution in [2.75, 3.05) is 11.9 Å². The number of rotatable bonds is 3. The lowest BCUT2D eigenvalue weighted by Crippen LogP contribution is -2.19. The van der Waals surface area contributed by atoms with E-state index in [9.17, 15) is 4.79 Å². The zero-order chi connectivity index (χ0) is 14.4. The highest BCUT2D eigenvalue weighted by molar-refractivity contribution is 6.30. The first-order valence-electron chi connectivity index (χ1n) is 5.80. The van der Waals surface area contributed by atoms with Crippen molar-refractivity contribution in [3.63, 3.8) is 0 Å². The minimum atomic E-state index is -0.228. The Kier molecular flexibility index (Phi) is 4.71. The highest BCUT2D eigenvalue weighted by atomic mass is 35.5. The third kappa shape index (κ3) is 3.82. The van der Waals surface area contributed by atoms with Gasteiger partial charge in [0.25, 0.3) is 0 Å². The van der Waals surface area contributed by atoms with Crippen LogP contribution >= 0.6 is 11.6 Å². The molecule has 3 N–H and O–H groups in total. The van der Waals surface area contributed by atoms with E-state index in [-0.39, 0.29) is 19.0 Å². The summed E-state index contributed by atoms with van der Waals surface area (Å²) in [6, 6.07) is 5.05. The molecule has 1 aromatic carbocycles. The first kappa shape index (κ1) is 14.1. The smallest absolute Gasteiger partial charge is 0.246 e. The molecule has 0 spiro atoms. The summed E-state index contributed by atoms with van der Waals surface area (Å²) >= 11 is 5.91. The number of nitrogens with two attached hydrogens (primary N) is 1. The van der Waals surface area contributed by atoms with Gasteiger partial charge in [0, 0.05) is 10.6 Å². The van der Waals surface area contributed by atoms with Gasteiger partial charge in [0.15, 0.2) is 0 Å². The predicted octanol–water partition coefficient (Wildman–Crippen LogP) is 0.880. The van der Waals surface area contributed by atoms with E-state index in [1.165, 1.54) is 17.3 Å². The summed E-state index contributed by atoms with van der Waals surface area (Å²) in [7, 11) is 0. The fraction of sp³-hybridized carbons (Fsp3) is 0.154. The van der Waals surface area contributed by atoms with Gasteiger partial charge in [-0.2, -0.15) is 5.10 Å². The van der Waals surface area contributed by atoms with Crippen LogP contribution in [-0.4, -0.2) is 27.2 Å². The van der Waals surface area contributed by atoms with Crippen LogP contribution in [0.2, 0.25) is 5.02 Å². The lowest BCUT2D eigenvalue weighted by molar-refractivity contribution is -0.116. The lowest BCUT2D eigenvalue weighted by atomic mass is 10.2. The number of halogens is 1. The Morgan fingerprint density at radius 1 is 1.50 bits per heavy atom. The van der Waals surface area contributed by atoms with Gasteiger partial charge in [0.2, 0.25) is 5.91 Å². The van der Waals surface area contributed by atoms with Crippen LogP contribution in [0.4, 0.5) is 5.69 Å². The Hall–Kier alpha value is -2.36. The number of carbonyl (C=O) groups excluding carboxylic acids is 1. The van der Waals surface area contributed by atoms with Crippen LogP contribution < -0.4 is 11.1 Å². The molecule has 0 saturated heterocycles. The molecule has 7 heteroatoms. The van der Waals surface area contributed by atoms with Crippen molar-refractivity contribution in [2.24, 2.45) is 5.73 Å². The average molecular weight is 290 g/mol. The molecule has 0 aliphatic rings. The molecule has 102 valence electrons. The molecule has 1 amide bonds. The second-order valence-electron chi connectivity index (χ2n) is 3.84. The molecular weight excluding hydrogens is 278 g/mol. The van der Waals surface area contributed by atoms with Crippen molar-refractivity contribution in [3.05, 3.63) is 41.4 Å². The molecule has 0 unspecified atom stereocenters. The fourth-order valence-electron chi connectivity index (χ4n) is 1.53. The minimum Gasteiger partial charge on any atom is -0.323 e. The van der Waals surface area contributed by atoms with Crippen LogP contribution in [0.5, 0.6) is 0 Å². The maximum Gasteiger partial charge on any atom is 0.246 e. The van der Waals surface area contributed by atoms with Crippen molar-refractivity contribution in [1.29, 1.82) is 0 Å². The standard InChI is InChI=1S/C13H12ClN5O/c14-11-3-4-12(10(6-11)2-1-5-15)18-13(20)7-19-9-16-8-17-19/h3-4,6,8-9H,5,7,15H2,(H,18,20). The van der Waals surface area contributed by atoms with Gasteiger partial charge in [0.05, 0.1) is 12.2 Å². The molecule has 0 bridgehead atoms. The van der Waals surface area contributed by atoms with Gasteiger partial charge in [-0.3, -0.25) is 4.79 Å². The van der Waals surface area contributed by atoms with Gasteiger partial charge in [-0.15, -0.1) is 0 Å². The van der Waals surface area contributed by atoms with Gasteiger partial charge < -0.3 is 11.1 Å². The zero-order valence-electron chi connectivity index (χ0n) is 10.5. The number of nitrogens with one attached hydrogen (secondary N) is 1. The van der Waals surface area contributed by atoms with Crippen molar-refractivity contribution >= 4 is 23.2 Å². The Morgan fingerprint density at radius 3 is 3.05 bits per heavy atom. The normalized spacial score (nSPS) is 9.70. The average Bonchev–Trinajstić information content (AvgIpc) is 2.91. The summed E-state index contributed by atoms with van der Waals surface area (Å²) in [6.45, 7) is 0.311. The molecule has 20 heavy (non-hydrogen) atoms. The first-order valence-corrected chi connectivity index (χ1v) is 6.17. The number of nitrogens with zero attached hydrogens (tertiary/aromatic N) is 3. The van der Waals surface area contributed by atoms with Crippen molar-refractivity contribution < 1.29 is 4.79 Å². The Morgan fingerprint density at radius 2 is 2.35 bits per heavy atom. The highest BCUT2D eigenvalue weighted by Crippen LogP contribution is 2.19. The quantitative estimate of drug-likeness (QED) is 0.821. The van der Waals surface area contributed by atoms with Gasteiger partial charge in [-0.25, -0.2) is 9.67 Å². The summed E-state index contributed by atoms with van der Waals surface area (Å²) in [5.74, 6) is 5.37. The van der Waals surface area contributed by atoms with Crippen molar-refractivity contribution in [3.8, 4) is 11.8 Å². The van der Waals surface area contributed by atoms with E-state index in [0.29, 0.717) is 16.3 Å². The van der Waals surface area contributed by atoms with E-state index in [1.54, 1.807) is 18.2 Å². The fourth-order valence-corrected chi connectivity index (χ4v) is 1.70. The van der Waals surface area contributed by atoms with Gasteiger partial charge in [-0.05, 0) is 18.2 Å². The van der Waals surface area contributed by atoms with Crippen molar-refractivity contribution in [1.82, 2.24) is 14.8 Å². The molecule has 6 nitrogen and oxygen atoms in total. The maximum absolute atomic E-state index is 11.9. The number of anilines is 1. The Bertz CT molecular complexity index is 657. The number of amides is 1.